The molecule has 0 saturated heterocycles. The molecular formula is C36H23BN2. The number of aromatic nitrogens is 1. The Kier molecular flexibility index (Phi) is 4.17. The Labute approximate surface area is 227 Å². The highest BCUT2D eigenvalue weighted by molar-refractivity contribution is 6.93. The molecule has 7 aromatic rings. The summed E-state index contributed by atoms with van der Waals surface area (Å²) in [5.74, 6) is 0. The summed E-state index contributed by atoms with van der Waals surface area (Å²) in [5, 5.41) is 2.61. The average molecular weight is 494 g/mol. The van der Waals surface area contributed by atoms with Crippen LogP contribution in [0.5, 0.6) is 0 Å². The first-order chi connectivity index (χ1) is 19.4. The molecule has 180 valence electrons. The van der Waals surface area contributed by atoms with Crippen LogP contribution in [0.4, 0.5) is 11.4 Å². The maximum Gasteiger partial charge on any atom is 0.333 e. The highest BCUT2D eigenvalue weighted by atomic mass is 15.1. The van der Waals surface area contributed by atoms with E-state index in [4.69, 9.17) is 0 Å². The maximum atomic E-state index is 2.55. The molecule has 2 aliphatic rings. The van der Waals surface area contributed by atoms with Crippen LogP contribution in [0.15, 0.2) is 140 Å². The monoisotopic (exact) mass is 494 g/mol. The van der Waals surface area contributed by atoms with Gasteiger partial charge >= 0.3 is 6.85 Å². The Morgan fingerprint density at radius 1 is 0.436 bits per heavy atom. The van der Waals surface area contributed by atoms with Crippen LogP contribution in [0.1, 0.15) is 0 Å². The second-order valence-corrected chi connectivity index (χ2v) is 10.5. The summed E-state index contributed by atoms with van der Waals surface area (Å²) in [7, 11) is 0. The third-order valence-electron chi connectivity index (χ3n) is 8.56. The van der Waals surface area contributed by atoms with Crippen molar-refractivity contribution in [1.29, 1.82) is 0 Å². The molecule has 2 aliphatic heterocycles. The van der Waals surface area contributed by atoms with Gasteiger partial charge in [0.15, 0.2) is 0 Å². The summed E-state index contributed by atoms with van der Waals surface area (Å²) < 4.78 is 2.55. The fourth-order valence-electron chi connectivity index (χ4n) is 7.08. The van der Waals surface area contributed by atoms with E-state index in [1.165, 1.54) is 72.0 Å². The quantitative estimate of drug-likeness (QED) is 0.224. The van der Waals surface area contributed by atoms with E-state index < -0.39 is 0 Å². The molecule has 0 fully saturated rings. The van der Waals surface area contributed by atoms with Crippen LogP contribution in [0.2, 0.25) is 0 Å². The molecular weight excluding hydrogens is 471 g/mol. The first-order valence-corrected chi connectivity index (χ1v) is 13.6. The predicted octanol–water partition coefficient (Wildman–Crippen LogP) is 7.69. The lowest BCUT2D eigenvalue weighted by atomic mass is 9.44. The van der Waals surface area contributed by atoms with Crippen LogP contribution in [0, 0.1) is 0 Å². The van der Waals surface area contributed by atoms with E-state index in [2.05, 4.69) is 149 Å². The van der Waals surface area contributed by atoms with Gasteiger partial charge in [0.2, 0.25) is 0 Å². The normalized spacial score (nSPS) is 13.0. The molecule has 2 nitrogen and oxygen atoms in total. The van der Waals surface area contributed by atoms with Crippen molar-refractivity contribution in [3.05, 3.63) is 140 Å². The van der Waals surface area contributed by atoms with Crippen LogP contribution in [0.25, 0.3) is 49.7 Å². The van der Waals surface area contributed by atoms with Crippen LogP contribution >= 0.6 is 0 Å². The summed E-state index contributed by atoms with van der Waals surface area (Å²) in [5.41, 5.74) is 14.2. The van der Waals surface area contributed by atoms with Gasteiger partial charge in [-0.05, 0) is 46.3 Å². The van der Waals surface area contributed by atoms with Crippen LogP contribution < -0.4 is 15.7 Å². The van der Waals surface area contributed by atoms with Gasteiger partial charge < -0.3 is 9.38 Å². The molecule has 6 aromatic carbocycles. The molecule has 1 aromatic heterocycles. The van der Waals surface area contributed by atoms with Gasteiger partial charge in [0.05, 0.1) is 11.0 Å². The fourth-order valence-corrected chi connectivity index (χ4v) is 7.08. The molecule has 0 amide bonds. The molecule has 0 unspecified atom stereocenters. The SMILES string of the molecule is c1ccc(-c2cccc3c4cccc5c4n(c23)-c2cccc3c2B5N(c2ccccc2)c2ccccc2-3)cc1. The van der Waals surface area contributed by atoms with Gasteiger partial charge in [-0.15, -0.1) is 0 Å². The van der Waals surface area contributed by atoms with Crippen molar-refractivity contribution in [3.63, 3.8) is 0 Å². The zero-order chi connectivity index (χ0) is 25.5. The molecule has 0 saturated carbocycles. The van der Waals surface area contributed by atoms with Crippen molar-refractivity contribution < 1.29 is 0 Å². The van der Waals surface area contributed by atoms with Crippen molar-refractivity contribution in [3.8, 4) is 27.9 Å². The number of fused-ring (bicyclic) bond motifs is 7. The lowest BCUT2D eigenvalue weighted by Crippen LogP contribution is -2.60. The number of anilines is 2. The minimum Gasteiger partial charge on any atom is -0.376 e. The second-order valence-electron chi connectivity index (χ2n) is 10.5. The number of hydrogen-bond acceptors (Lipinski definition) is 1. The molecule has 0 spiro atoms. The molecule has 0 aliphatic carbocycles. The van der Waals surface area contributed by atoms with Crippen molar-refractivity contribution in [2.75, 3.05) is 4.81 Å². The molecule has 0 N–H and O–H groups in total. The molecule has 9 rings (SSSR count). The Hall–Kier alpha value is -5.02. The van der Waals surface area contributed by atoms with Crippen LogP contribution in [-0.2, 0) is 0 Å². The van der Waals surface area contributed by atoms with Crippen molar-refractivity contribution in [1.82, 2.24) is 4.57 Å². The minimum atomic E-state index is 0.0780. The number of para-hydroxylation sites is 4. The first kappa shape index (κ1) is 21.0. The minimum absolute atomic E-state index is 0.0780. The standard InChI is InChI=1S/C36H23BN2/c1-3-12-24(13-4-1)26-17-9-19-29-30-20-10-21-31-36(30)38(35(26)29)33-23-11-18-28-27-16-7-8-22-32(27)39(37(31)34(28)33)25-14-5-2-6-15-25/h1-23H. The van der Waals surface area contributed by atoms with Gasteiger partial charge in [-0.3, -0.25) is 0 Å². The summed E-state index contributed by atoms with van der Waals surface area (Å²) >= 11 is 0. The number of hydrogen-bond donors (Lipinski definition) is 0. The highest BCUT2D eigenvalue weighted by Gasteiger charge is 2.43. The van der Waals surface area contributed by atoms with E-state index in [1.807, 2.05) is 0 Å². The molecule has 0 atom stereocenters. The Morgan fingerprint density at radius 3 is 1.90 bits per heavy atom. The zero-order valence-electron chi connectivity index (χ0n) is 21.3. The lowest BCUT2D eigenvalue weighted by Gasteiger charge is -2.42. The second kappa shape index (κ2) is 7.75. The van der Waals surface area contributed by atoms with E-state index in [1.54, 1.807) is 0 Å². The molecule has 0 radical (unpaired) electrons. The third kappa shape index (κ3) is 2.72. The molecule has 3 heterocycles. The first-order valence-electron chi connectivity index (χ1n) is 13.6. The largest absolute Gasteiger partial charge is 0.376 e. The van der Waals surface area contributed by atoms with E-state index >= 15 is 0 Å². The van der Waals surface area contributed by atoms with E-state index in [0.717, 1.165) is 0 Å². The number of nitrogens with zero attached hydrogens (tertiary/aromatic N) is 2. The molecule has 39 heavy (non-hydrogen) atoms. The van der Waals surface area contributed by atoms with Gasteiger partial charge in [-0.2, -0.15) is 0 Å². The summed E-state index contributed by atoms with van der Waals surface area (Å²) in [6.07, 6.45) is 0. The zero-order valence-corrected chi connectivity index (χ0v) is 21.3. The van der Waals surface area contributed by atoms with Crippen molar-refractivity contribution in [2.24, 2.45) is 0 Å². The summed E-state index contributed by atoms with van der Waals surface area (Å²) in [4.78, 5) is 2.55. The maximum absolute atomic E-state index is 2.55. The van der Waals surface area contributed by atoms with Gasteiger partial charge in [0, 0.05) is 39.0 Å². The number of benzene rings is 6. The van der Waals surface area contributed by atoms with Crippen molar-refractivity contribution in [2.45, 2.75) is 0 Å². The Balaban J connectivity index is 1.48. The Morgan fingerprint density at radius 2 is 1.05 bits per heavy atom. The number of rotatable bonds is 2. The van der Waals surface area contributed by atoms with Gasteiger partial charge in [0.1, 0.15) is 0 Å². The summed E-state index contributed by atoms with van der Waals surface area (Å²) in [6, 6.07) is 51.0. The van der Waals surface area contributed by atoms with Gasteiger partial charge in [-0.1, -0.05) is 115 Å². The third-order valence-corrected chi connectivity index (χ3v) is 8.56. The van der Waals surface area contributed by atoms with Gasteiger partial charge in [-0.25, -0.2) is 0 Å². The van der Waals surface area contributed by atoms with Crippen LogP contribution in [-0.4, -0.2) is 11.4 Å². The Bertz CT molecular complexity index is 2080. The average Bonchev–Trinajstić information content (AvgIpc) is 3.36. The topological polar surface area (TPSA) is 8.17 Å². The highest BCUT2D eigenvalue weighted by Crippen LogP contribution is 2.45. The van der Waals surface area contributed by atoms with E-state index in [0.29, 0.717) is 0 Å². The van der Waals surface area contributed by atoms with E-state index in [9.17, 15) is 0 Å². The van der Waals surface area contributed by atoms with Crippen LogP contribution in [0.3, 0.4) is 0 Å². The predicted molar refractivity (Wildman–Crippen MR) is 165 cm³/mol. The molecule has 0 bridgehead atoms. The molecule has 3 heteroatoms. The van der Waals surface area contributed by atoms with E-state index in [-0.39, 0.29) is 6.85 Å². The smallest absolute Gasteiger partial charge is 0.333 e. The fraction of sp³-hybridized carbons (Fsp3) is 0. The van der Waals surface area contributed by atoms with Gasteiger partial charge in [0.25, 0.3) is 0 Å². The lowest BCUT2D eigenvalue weighted by molar-refractivity contribution is 1.18. The summed E-state index contributed by atoms with van der Waals surface area (Å²) in [6.45, 7) is 0.0780. The van der Waals surface area contributed by atoms with Crippen molar-refractivity contribution >= 4 is 51.0 Å².